The van der Waals surface area contributed by atoms with Crippen LogP contribution in [0.15, 0.2) is 29.6 Å². The number of carbonyl (C=O) groups is 1. The Kier molecular flexibility index (Phi) is 5.50. The van der Waals surface area contributed by atoms with Crippen LogP contribution in [0, 0.1) is 20.8 Å². The number of anilines is 1. The normalized spacial score (nSPS) is 17.9. The third-order valence-electron chi connectivity index (χ3n) is 5.43. The van der Waals surface area contributed by atoms with Crippen molar-refractivity contribution in [3.8, 4) is 11.3 Å². The maximum atomic E-state index is 12.7. The first-order chi connectivity index (χ1) is 14.2. The van der Waals surface area contributed by atoms with Gasteiger partial charge in [0.05, 0.1) is 40.4 Å². The summed E-state index contributed by atoms with van der Waals surface area (Å²) in [5.41, 5.74) is 5.04. The van der Waals surface area contributed by atoms with E-state index in [2.05, 4.69) is 15.4 Å². The van der Waals surface area contributed by atoms with Gasteiger partial charge in [-0.05, 0) is 39.3 Å². The predicted molar refractivity (Wildman–Crippen MR) is 119 cm³/mol. The molecule has 9 heteroatoms. The molecule has 3 aromatic rings. The van der Waals surface area contributed by atoms with Crippen LogP contribution in [0.1, 0.15) is 34.4 Å². The number of aryl methyl sites for hydroxylation is 2. The fraction of sp³-hybridized carbons (Fsp3) is 0.381. The van der Waals surface area contributed by atoms with Crippen LogP contribution in [0.4, 0.5) is 5.69 Å². The molecule has 7 nitrogen and oxygen atoms in total. The molecule has 2 aromatic heterocycles. The minimum atomic E-state index is -3.00. The molecule has 0 bridgehead atoms. The first-order valence-electron chi connectivity index (χ1n) is 9.79. The molecule has 1 fully saturated rings. The van der Waals surface area contributed by atoms with Gasteiger partial charge in [0.2, 0.25) is 5.91 Å². The topological polar surface area (TPSA) is 93.9 Å². The lowest BCUT2D eigenvalue weighted by atomic mass is 10.1. The van der Waals surface area contributed by atoms with Gasteiger partial charge in [-0.2, -0.15) is 5.10 Å². The smallest absolute Gasteiger partial charge is 0.228 e. The van der Waals surface area contributed by atoms with Gasteiger partial charge in [-0.15, -0.1) is 11.3 Å². The molecule has 1 amide bonds. The Labute approximate surface area is 180 Å². The van der Waals surface area contributed by atoms with Crippen LogP contribution in [0.25, 0.3) is 11.3 Å². The summed E-state index contributed by atoms with van der Waals surface area (Å²) in [5.74, 6) is 0.177. The molecule has 0 aliphatic carbocycles. The lowest BCUT2D eigenvalue weighted by Crippen LogP contribution is -2.16. The number of nitrogens with zero attached hydrogens (tertiary/aromatic N) is 3. The third-order valence-corrected chi connectivity index (χ3v) is 7.95. The molecule has 1 aliphatic rings. The van der Waals surface area contributed by atoms with E-state index in [9.17, 15) is 13.2 Å². The second-order valence-electron chi connectivity index (χ2n) is 7.71. The molecule has 1 unspecified atom stereocenters. The van der Waals surface area contributed by atoms with E-state index in [1.165, 1.54) is 0 Å². The average molecular weight is 445 g/mol. The molecule has 30 heavy (non-hydrogen) atoms. The highest BCUT2D eigenvalue weighted by Gasteiger charge is 2.31. The van der Waals surface area contributed by atoms with Gasteiger partial charge >= 0.3 is 0 Å². The zero-order chi connectivity index (χ0) is 21.5. The van der Waals surface area contributed by atoms with E-state index < -0.39 is 9.84 Å². The quantitative estimate of drug-likeness (QED) is 0.650. The van der Waals surface area contributed by atoms with Crippen molar-refractivity contribution in [2.24, 2.45) is 0 Å². The summed E-state index contributed by atoms with van der Waals surface area (Å²) in [4.78, 5) is 17.2. The highest BCUT2D eigenvalue weighted by Crippen LogP contribution is 2.28. The largest absolute Gasteiger partial charge is 0.326 e. The number of carbonyl (C=O) groups excluding carboxylic acids is 1. The van der Waals surface area contributed by atoms with E-state index in [4.69, 9.17) is 0 Å². The van der Waals surface area contributed by atoms with E-state index in [1.54, 1.807) is 16.0 Å². The highest BCUT2D eigenvalue weighted by atomic mass is 32.2. The van der Waals surface area contributed by atoms with Gasteiger partial charge in [0.25, 0.3) is 0 Å². The van der Waals surface area contributed by atoms with Crippen LogP contribution in [0.2, 0.25) is 0 Å². The zero-order valence-electron chi connectivity index (χ0n) is 17.2. The van der Waals surface area contributed by atoms with E-state index >= 15 is 0 Å². The van der Waals surface area contributed by atoms with Gasteiger partial charge < -0.3 is 5.32 Å². The van der Waals surface area contributed by atoms with Gasteiger partial charge in [0, 0.05) is 27.9 Å². The van der Waals surface area contributed by atoms with Crippen molar-refractivity contribution < 1.29 is 13.2 Å². The van der Waals surface area contributed by atoms with Gasteiger partial charge in [-0.3, -0.25) is 9.48 Å². The highest BCUT2D eigenvalue weighted by molar-refractivity contribution is 7.91. The Morgan fingerprint density at radius 3 is 2.77 bits per heavy atom. The number of hydrogen-bond donors (Lipinski definition) is 1. The Morgan fingerprint density at radius 1 is 1.30 bits per heavy atom. The van der Waals surface area contributed by atoms with E-state index in [1.807, 2.05) is 50.4 Å². The first kappa shape index (κ1) is 20.7. The fourth-order valence-corrected chi connectivity index (χ4v) is 6.21. The Morgan fingerprint density at radius 2 is 2.10 bits per heavy atom. The number of aromatic nitrogens is 3. The minimum absolute atomic E-state index is 0.115. The molecule has 3 heterocycles. The second-order valence-corrected chi connectivity index (χ2v) is 11.0. The van der Waals surface area contributed by atoms with E-state index in [-0.39, 0.29) is 29.9 Å². The molecule has 1 aromatic carbocycles. The number of thiazole rings is 1. The molecular formula is C21H24N4O3S2. The van der Waals surface area contributed by atoms with Gasteiger partial charge in [0.15, 0.2) is 9.84 Å². The van der Waals surface area contributed by atoms with Gasteiger partial charge in [-0.1, -0.05) is 12.1 Å². The fourth-order valence-electron chi connectivity index (χ4n) is 3.89. The molecule has 0 radical (unpaired) electrons. The van der Waals surface area contributed by atoms with Crippen molar-refractivity contribution in [2.75, 3.05) is 16.8 Å². The zero-order valence-corrected chi connectivity index (χ0v) is 18.8. The van der Waals surface area contributed by atoms with Crippen molar-refractivity contribution in [2.45, 2.75) is 39.7 Å². The summed E-state index contributed by atoms with van der Waals surface area (Å²) in [6.45, 7) is 5.73. The maximum Gasteiger partial charge on any atom is 0.228 e. The van der Waals surface area contributed by atoms with Crippen molar-refractivity contribution in [3.63, 3.8) is 0 Å². The Hall–Kier alpha value is -2.52. The van der Waals surface area contributed by atoms with Crippen LogP contribution in [0.5, 0.6) is 0 Å². The Bertz CT molecular complexity index is 1210. The third kappa shape index (κ3) is 4.32. The van der Waals surface area contributed by atoms with Gasteiger partial charge in [-0.25, -0.2) is 13.4 Å². The molecular weight excluding hydrogens is 420 g/mol. The van der Waals surface area contributed by atoms with Gasteiger partial charge in [0.1, 0.15) is 0 Å². The summed E-state index contributed by atoms with van der Waals surface area (Å²) in [7, 11) is -3.00. The maximum absolute atomic E-state index is 12.7. The number of amides is 1. The summed E-state index contributed by atoms with van der Waals surface area (Å²) in [6, 6.07) is 7.49. The van der Waals surface area contributed by atoms with Crippen LogP contribution >= 0.6 is 11.3 Å². The number of rotatable bonds is 5. The molecule has 0 spiro atoms. The van der Waals surface area contributed by atoms with E-state index in [0.29, 0.717) is 12.1 Å². The van der Waals surface area contributed by atoms with E-state index in [0.717, 1.165) is 33.2 Å². The SMILES string of the molecule is Cc1nc(-c2cccc(NC(=O)Cc3c(C)nn(C4CCS(=O)(=O)C4)c3C)c2)cs1. The standard InChI is InChI=1S/C21H24N4O3S2/c1-13-19(14(2)25(24-13)18-7-8-30(27,28)12-18)10-21(26)23-17-6-4-5-16(9-17)20-11-29-15(3)22-20/h4-6,9,11,18H,7-8,10,12H2,1-3H3,(H,23,26). The van der Waals surface area contributed by atoms with Crippen molar-refractivity contribution in [1.29, 1.82) is 0 Å². The molecule has 4 rings (SSSR count). The lowest BCUT2D eigenvalue weighted by Gasteiger charge is -2.11. The van der Waals surface area contributed by atoms with Crippen LogP contribution in [-0.2, 0) is 21.1 Å². The first-order valence-corrected chi connectivity index (χ1v) is 12.5. The monoisotopic (exact) mass is 444 g/mol. The van der Waals surface area contributed by atoms with Crippen molar-refractivity contribution in [3.05, 3.63) is 51.6 Å². The minimum Gasteiger partial charge on any atom is -0.326 e. The van der Waals surface area contributed by atoms with Crippen molar-refractivity contribution in [1.82, 2.24) is 14.8 Å². The van der Waals surface area contributed by atoms with Crippen LogP contribution in [0.3, 0.4) is 0 Å². The number of hydrogen-bond acceptors (Lipinski definition) is 6. The summed E-state index contributed by atoms with van der Waals surface area (Å²) in [5, 5.41) is 10.5. The molecule has 1 atom stereocenters. The summed E-state index contributed by atoms with van der Waals surface area (Å²) < 4.78 is 25.4. The van der Waals surface area contributed by atoms with Crippen molar-refractivity contribution >= 4 is 32.8 Å². The Balaban J connectivity index is 1.49. The molecule has 158 valence electrons. The lowest BCUT2D eigenvalue weighted by molar-refractivity contribution is -0.115. The summed E-state index contributed by atoms with van der Waals surface area (Å²) in [6.07, 6.45) is 0.760. The molecule has 1 aliphatic heterocycles. The average Bonchev–Trinajstić information content (AvgIpc) is 3.35. The predicted octanol–water partition coefficient (Wildman–Crippen LogP) is 3.47. The number of benzene rings is 1. The second kappa shape index (κ2) is 7.96. The van der Waals surface area contributed by atoms with Crippen LogP contribution in [-0.4, -0.2) is 40.6 Å². The molecule has 1 saturated heterocycles. The summed E-state index contributed by atoms with van der Waals surface area (Å²) >= 11 is 1.59. The molecule has 1 N–H and O–H groups in total. The molecule has 0 saturated carbocycles. The van der Waals surface area contributed by atoms with Crippen LogP contribution < -0.4 is 5.32 Å². The number of nitrogens with one attached hydrogen (secondary N) is 1. The number of sulfone groups is 1.